The zero-order valence-corrected chi connectivity index (χ0v) is 13.0. The monoisotopic (exact) mass is 321 g/mol. The minimum absolute atomic E-state index is 0.144. The van der Waals surface area contributed by atoms with Gasteiger partial charge in [0.2, 0.25) is 11.0 Å². The fourth-order valence-corrected chi connectivity index (χ4v) is 3.01. The average Bonchev–Trinajstić information content (AvgIpc) is 3.26. The smallest absolute Gasteiger partial charge is 0.226 e. The molecular weight excluding hydrogens is 305 g/mol. The van der Waals surface area contributed by atoms with Crippen molar-refractivity contribution >= 4 is 22.4 Å². The predicted molar refractivity (Wildman–Crippen MR) is 81.8 cm³/mol. The molecule has 3 rings (SSSR count). The third kappa shape index (κ3) is 3.59. The number of anilines is 1. The van der Waals surface area contributed by atoms with Crippen molar-refractivity contribution in [3.05, 3.63) is 34.6 Å². The van der Waals surface area contributed by atoms with Gasteiger partial charge in [-0.3, -0.25) is 4.79 Å². The highest BCUT2D eigenvalue weighted by Crippen LogP contribution is 2.42. The summed E-state index contributed by atoms with van der Waals surface area (Å²) < 4.78 is 18.4. The molecule has 0 bridgehead atoms. The van der Waals surface area contributed by atoms with Crippen LogP contribution in [0.5, 0.6) is 5.75 Å². The van der Waals surface area contributed by atoms with Crippen LogP contribution in [0.25, 0.3) is 0 Å². The minimum atomic E-state index is -0.418. The van der Waals surface area contributed by atoms with E-state index in [9.17, 15) is 9.18 Å². The summed E-state index contributed by atoms with van der Waals surface area (Å²) in [4.78, 5) is 11.9. The molecule has 1 aliphatic carbocycles. The lowest BCUT2D eigenvalue weighted by Gasteiger charge is -2.05. The number of ether oxygens (including phenoxy) is 1. The van der Waals surface area contributed by atoms with E-state index < -0.39 is 5.82 Å². The van der Waals surface area contributed by atoms with E-state index >= 15 is 0 Å². The molecule has 0 spiro atoms. The van der Waals surface area contributed by atoms with Crippen LogP contribution in [-0.2, 0) is 11.2 Å². The van der Waals surface area contributed by atoms with Crippen molar-refractivity contribution in [2.75, 3.05) is 12.4 Å². The van der Waals surface area contributed by atoms with Gasteiger partial charge in [0.05, 0.1) is 7.11 Å². The summed E-state index contributed by atoms with van der Waals surface area (Å²) >= 11 is 1.43. The molecule has 1 heterocycles. The minimum Gasteiger partial charge on any atom is -0.494 e. The summed E-state index contributed by atoms with van der Waals surface area (Å²) in [5, 5.41) is 12.3. The highest BCUT2D eigenvalue weighted by Gasteiger charge is 2.27. The summed E-state index contributed by atoms with van der Waals surface area (Å²) in [5.41, 5.74) is 0.754. The Bertz CT molecular complexity index is 685. The van der Waals surface area contributed by atoms with E-state index in [0.717, 1.165) is 23.4 Å². The molecule has 0 saturated heterocycles. The zero-order chi connectivity index (χ0) is 15.5. The Labute approximate surface area is 131 Å². The van der Waals surface area contributed by atoms with Crippen molar-refractivity contribution in [3.63, 3.8) is 0 Å². The van der Waals surface area contributed by atoms with E-state index in [-0.39, 0.29) is 18.1 Å². The first kappa shape index (κ1) is 14.9. The molecule has 2 aromatic rings. The van der Waals surface area contributed by atoms with Gasteiger partial charge < -0.3 is 10.1 Å². The number of aromatic nitrogens is 2. The predicted octanol–water partition coefficient (Wildman–Crippen LogP) is 3.13. The van der Waals surface area contributed by atoms with Gasteiger partial charge >= 0.3 is 0 Å². The lowest BCUT2D eigenvalue weighted by Crippen LogP contribution is -2.12. The van der Waals surface area contributed by atoms with Crippen molar-refractivity contribution in [1.29, 1.82) is 0 Å². The second-order valence-corrected chi connectivity index (χ2v) is 6.25. The summed E-state index contributed by atoms with van der Waals surface area (Å²) in [6.07, 6.45) is 3.04. The van der Waals surface area contributed by atoms with Gasteiger partial charge in [0, 0.05) is 12.3 Å². The summed E-state index contributed by atoms with van der Waals surface area (Å²) in [6, 6.07) is 4.71. The van der Waals surface area contributed by atoms with Crippen molar-refractivity contribution in [2.45, 2.75) is 31.6 Å². The molecule has 0 radical (unpaired) electrons. The number of benzene rings is 1. The molecule has 1 amide bonds. The first-order chi connectivity index (χ1) is 10.7. The van der Waals surface area contributed by atoms with E-state index in [1.54, 1.807) is 12.1 Å². The van der Waals surface area contributed by atoms with Crippen LogP contribution in [0.2, 0.25) is 0 Å². The third-order valence-electron chi connectivity index (χ3n) is 3.47. The Hall–Kier alpha value is -2.02. The second kappa shape index (κ2) is 6.39. The van der Waals surface area contributed by atoms with Crippen LogP contribution in [0.1, 0.15) is 35.8 Å². The molecule has 1 aromatic carbocycles. The standard InChI is InChI=1S/C15H16FN3O2S/c1-21-12-6-2-9(8-11(12)16)3-7-13(20)17-15-19-18-14(22-15)10-4-5-10/h2,6,8,10H,3-5,7H2,1H3,(H,17,19,20). The van der Waals surface area contributed by atoms with Gasteiger partial charge in [-0.1, -0.05) is 17.4 Å². The van der Waals surface area contributed by atoms with Crippen LogP contribution in [0.4, 0.5) is 9.52 Å². The average molecular weight is 321 g/mol. The molecule has 1 aliphatic rings. The SMILES string of the molecule is COc1ccc(CCC(=O)Nc2nnc(C3CC3)s2)cc1F. The number of hydrogen-bond acceptors (Lipinski definition) is 5. The number of carbonyl (C=O) groups is 1. The molecule has 1 aromatic heterocycles. The lowest BCUT2D eigenvalue weighted by molar-refractivity contribution is -0.116. The molecule has 1 fully saturated rings. The van der Waals surface area contributed by atoms with Crippen LogP contribution in [0.15, 0.2) is 18.2 Å². The number of halogens is 1. The lowest BCUT2D eigenvalue weighted by atomic mass is 10.1. The number of methoxy groups -OCH3 is 1. The Balaban J connectivity index is 1.51. The van der Waals surface area contributed by atoms with Gasteiger partial charge in [0.1, 0.15) is 5.01 Å². The molecular formula is C15H16FN3O2S. The van der Waals surface area contributed by atoms with Gasteiger partial charge in [0.15, 0.2) is 11.6 Å². The topological polar surface area (TPSA) is 64.1 Å². The summed E-state index contributed by atoms with van der Waals surface area (Å²) in [7, 11) is 1.42. The molecule has 7 heteroatoms. The highest BCUT2D eigenvalue weighted by molar-refractivity contribution is 7.15. The van der Waals surface area contributed by atoms with Gasteiger partial charge in [-0.15, -0.1) is 10.2 Å². The fourth-order valence-electron chi connectivity index (χ4n) is 2.09. The maximum absolute atomic E-state index is 13.6. The second-order valence-electron chi connectivity index (χ2n) is 5.24. The Morgan fingerprint density at radius 2 is 2.27 bits per heavy atom. The molecule has 0 unspecified atom stereocenters. The Morgan fingerprint density at radius 3 is 2.95 bits per heavy atom. The van der Waals surface area contributed by atoms with Crippen LogP contribution in [0, 0.1) is 5.82 Å². The van der Waals surface area contributed by atoms with Crippen molar-refractivity contribution < 1.29 is 13.9 Å². The van der Waals surface area contributed by atoms with E-state index in [0.29, 0.717) is 17.5 Å². The number of hydrogen-bond donors (Lipinski definition) is 1. The first-order valence-corrected chi connectivity index (χ1v) is 7.93. The van der Waals surface area contributed by atoms with Gasteiger partial charge in [0.25, 0.3) is 0 Å². The normalized spacial score (nSPS) is 13.9. The summed E-state index contributed by atoms with van der Waals surface area (Å²) in [6.45, 7) is 0. The van der Waals surface area contributed by atoms with Crippen molar-refractivity contribution in [1.82, 2.24) is 10.2 Å². The first-order valence-electron chi connectivity index (χ1n) is 7.11. The van der Waals surface area contributed by atoms with Gasteiger partial charge in [-0.2, -0.15) is 0 Å². The molecule has 1 saturated carbocycles. The van der Waals surface area contributed by atoms with E-state index in [4.69, 9.17) is 4.74 Å². The van der Waals surface area contributed by atoms with E-state index in [1.807, 2.05) is 0 Å². The van der Waals surface area contributed by atoms with Crippen molar-refractivity contribution in [3.8, 4) is 5.75 Å². The number of aryl methyl sites for hydroxylation is 1. The van der Waals surface area contributed by atoms with Crippen LogP contribution >= 0.6 is 11.3 Å². The third-order valence-corrected chi connectivity index (χ3v) is 4.47. The molecule has 22 heavy (non-hydrogen) atoms. The Kier molecular flexibility index (Phi) is 4.33. The zero-order valence-electron chi connectivity index (χ0n) is 12.1. The fraction of sp³-hybridized carbons (Fsp3) is 0.400. The quantitative estimate of drug-likeness (QED) is 0.888. The van der Waals surface area contributed by atoms with Crippen LogP contribution < -0.4 is 10.1 Å². The molecule has 1 N–H and O–H groups in total. The molecule has 0 aliphatic heterocycles. The molecule has 5 nitrogen and oxygen atoms in total. The van der Waals surface area contributed by atoms with Crippen molar-refractivity contribution in [2.24, 2.45) is 0 Å². The van der Waals surface area contributed by atoms with Crippen LogP contribution in [0.3, 0.4) is 0 Å². The maximum atomic E-state index is 13.6. The van der Waals surface area contributed by atoms with Crippen LogP contribution in [-0.4, -0.2) is 23.2 Å². The molecule has 0 atom stereocenters. The number of carbonyl (C=O) groups excluding carboxylic acids is 1. The maximum Gasteiger partial charge on any atom is 0.226 e. The Morgan fingerprint density at radius 1 is 1.45 bits per heavy atom. The number of nitrogens with one attached hydrogen (secondary N) is 1. The van der Waals surface area contributed by atoms with E-state index in [2.05, 4.69) is 15.5 Å². The number of amides is 1. The van der Waals surface area contributed by atoms with Gasteiger partial charge in [-0.25, -0.2) is 4.39 Å². The highest BCUT2D eigenvalue weighted by atomic mass is 32.1. The molecule has 116 valence electrons. The summed E-state index contributed by atoms with van der Waals surface area (Å²) in [5.74, 6) is 0.174. The number of rotatable bonds is 6. The van der Waals surface area contributed by atoms with E-state index in [1.165, 1.54) is 24.5 Å². The number of nitrogens with zero attached hydrogens (tertiary/aromatic N) is 2. The largest absolute Gasteiger partial charge is 0.494 e. The van der Waals surface area contributed by atoms with Gasteiger partial charge in [-0.05, 0) is 37.0 Å².